The van der Waals surface area contributed by atoms with Gasteiger partial charge >= 0.3 is 6.36 Å². The number of ether oxygens (including phenoxy) is 1. The van der Waals surface area contributed by atoms with Crippen LogP contribution in [0.15, 0.2) is 60.9 Å². The summed E-state index contributed by atoms with van der Waals surface area (Å²) < 4.78 is 40.8. The third-order valence-corrected chi connectivity index (χ3v) is 4.84. The maximum Gasteiger partial charge on any atom is 0.573 e. The van der Waals surface area contributed by atoms with Crippen molar-refractivity contribution >= 4 is 17.4 Å². The van der Waals surface area contributed by atoms with Gasteiger partial charge in [0.15, 0.2) is 0 Å². The summed E-state index contributed by atoms with van der Waals surface area (Å²) in [6, 6.07) is 14.3. The number of nitrogens with zero attached hydrogens (tertiary/aromatic N) is 3. The van der Waals surface area contributed by atoms with Crippen LogP contribution in [0.2, 0.25) is 0 Å². The molecule has 4 rings (SSSR count). The molecule has 0 aliphatic carbocycles. The average molecular weight is 443 g/mol. The van der Waals surface area contributed by atoms with Gasteiger partial charge in [0.2, 0.25) is 0 Å². The lowest BCUT2D eigenvalue weighted by molar-refractivity contribution is -0.274. The number of benzene rings is 2. The van der Waals surface area contributed by atoms with E-state index < -0.39 is 6.36 Å². The molecule has 0 atom stereocenters. The van der Waals surface area contributed by atoms with Gasteiger partial charge in [-0.05, 0) is 36.4 Å². The van der Waals surface area contributed by atoms with Gasteiger partial charge in [0.05, 0.1) is 5.69 Å². The zero-order chi connectivity index (χ0) is 22.6. The molecule has 0 saturated carbocycles. The summed E-state index contributed by atoms with van der Waals surface area (Å²) in [6.45, 7) is 2.88. The normalized spacial score (nSPS) is 14.2. The van der Waals surface area contributed by atoms with Crippen LogP contribution in [0.25, 0.3) is 11.3 Å². The van der Waals surface area contributed by atoms with Crippen LogP contribution in [0.1, 0.15) is 10.4 Å². The molecule has 1 aromatic heterocycles. The fourth-order valence-electron chi connectivity index (χ4n) is 3.33. The van der Waals surface area contributed by atoms with Crippen LogP contribution >= 0.6 is 0 Å². The molecule has 2 heterocycles. The predicted octanol–water partition coefficient (Wildman–Crippen LogP) is 3.83. The maximum atomic E-state index is 12.8. The molecule has 1 aliphatic heterocycles. The second kappa shape index (κ2) is 9.23. The molecule has 2 aromatic carbocycles. The number of hydrogen-bond donors (Lipinski definition) is 2. The minimum atomic E-state index is -4.74. The third kappa shape index (κ3) is 5.52. The monoisotopic (exact) mass is 443 g/mol. The molecule has 1 amide bonds. The van der Waals surface area contributed by atoms with E-state index in [0.29, 0.717) is 35.9 Å². The molecular weight excluding hydrogens is 423 g/mol. The van der Waals surface area contributed by atoms with Gasteiger partial charge in [0.25, 0.3) is 5.91 Å². The number of anilines is 2. The van der Waals surface area contributed by atoms with Crippen LogP contribution in [0.4, 0.5) is 24.7 Å². The van der Waals surface area contributed by atoms with E-state index in [-0.39, 0.29) is 11.7 Å². The van der Waals surface area contributed by atoms with Crippen molar-refractivity contribution in [1.29, 1.82) is 0 Å². The SMILES string of the molecule is O=C(c1cccc(-c2cc(Nc3ccc(OC(F)(F)F)cc3)ncn2)c1)N1CCNCC1. The van der Waals surface area contributed by atoms with Gasteiger partial charge in [-0.3, -0.25) is 4.79 Å². The summed E-state index contributed by atoms with van der Waals surface area (Å²) in [7, 11) is 0. The number of carbonyl (C=O) groups excluding carboxylic acids is 1. The van der Waals surface area contributed by atoms with Crippen molar-refractivity contribution in [3.05, 3.63) is 66.5 Å². The van der Waals surface area contributed by atoms with E-state index in [2.05, 4.69) is 25.3 Å². The Kier molecular flexibility index (Phi) is 6.22. The van der Waals surface area contributed by atoms with E-state index in [1.54, 1.807) is 24.3 Å². The van der Waals surface area contributed by atoms with Gasteiger partial charge in [0, 0.05) is 49.1 Å². The number of nitrogens with one attached hydrogen (secondary N) is 2. The highest BCUT2D eigenvalue weighted by atomic mass is 19.4. The average Bonchev–Trinajstić information content (AvgIpc) is 2.80. The van der Waals surface area contributed by atoms with Crippen LogP contribution in [0.5, 0.6) is 5.75 Å². The Hall–Kier alpha value is -3.66. The van der Waals surface area contributed by atoms with E-state index in [1.165, 1.54) is 30.6 Å². The fraction of sp³-hybridized carbons (Fsp3) is 0.227. The largest absolute Gasteiger partial charge is 0.573 e. The highest BCUT2D eigenvalue weighted by Crippen LogP contribution is 2.26. The Morgan fingerprint density at radius 3 is 2.50 bits per heavy atom. The summed E-state index contributed by atoms with van der Waals surface area (Å²) in [5, 5.41) is 6.25. The minimum Gasteiger partial charge on any atom is -0.406 e. The van der Waals surface area contributed by atoms with Crippen LogP contribution in [0, 0.1) is 0 Å². The minimum absolute atomic E-state index is 0.0260. The zero-order valence-corrected chi connectivity index (χ0v) is 16.9. The van der Waals surface area contributed by atoms with E-state index in [4.69, 9.17) is 0 Å². The van der Waals surface area contributed by atoms with Crippen molar-refractivity contribution in [3.63, 3.8) is 0 Å². The Bertz CT molecular complexity index is 1080. The maximum absolute atomic E-state index is 12.8. The summed E-state index contributed by atoms with van der Waals surface area (Å²) in [5.41, 5.74) is 2.48. The smallest absolute Gasteiger partial charge is 0.406 e. The van der Waals surface area contributed by atoms with Gasteiger partial charge in [-0.1, -0.05) is 12.1 Å². The van der Waals surface area contributed by atoms with Crippen molar-refractivity contribution in [1.82, 2.24) is 20.2 Å². The first-order chi connectivity index (χ1) is 15.4. The van der Waals surface area contributed by atoms with Crippen LogP contribution in [-0.4, -0.2) is 53.3 Å². The number of amides is 1. The standard InChI is InChI=1S/C22H20F3N5O2/c23-22(24,25)32-18-6-4-17(5-7-18)29-20-13-19(27-14-28-20)15-2-1-3-16(12-15)21(31)30-10-8-26-9-11-30/h1-7,12-14,26H,8-11H2,(H,27,28,29). The van der Waals surface area contributed by atoms with E-state index in [9.17, 15) is 18.0 Å². The molecule has 3 aromatic rings. The Balaban J connectivity index is 1.49. The molecule has 1 saturated heterocycles. The lowest BCUT2D eigenvalue weighted by atomic mass is 10.1. The molecule has 0 bridgehead atoms. The molecule has 7 nitrogen and oxygen atoms in total. The van der Waals surface area contributed by atoms with Gasteiger partial charge in [-0.2, -0.15) is 0 Å². The molecule has 0 spiro atoms. The Morgan fingerprint density at radius 2 is 1.78 bits per heavy atom. The highest BCUT2D eigenvalue weighted by molar-refractivity contribution is 5.95. The number of hydrogen-bond acceptors (Lipinski definition) is 6. The molecule has 32 heavy (non-hydrogen) atoms. The number of halogens is 3. The summed E-state index contributed by atoms with van der Waals surface area (Å²) in [5.74, 6) is 0.123. The zero-order valence-electron chi connectivity index (χ0n) is 16.9. The number of piperazine rings is 1. The number of alkyl halides is 3. The molecule has 1 aliphatic rings. The second-order valence-corrected chi connectivity index (χ2v) is 7.11. The predicted molar refractivity (Wildman–Crippen MR) is 113 cm³/mol. The highest BCUT2D eigenvalue weighted by Gasteiger charge is 2.31. The number of carbonyl (C=O) groups is 1. The lowest BCUT2D eigenvalue weighted by Gasteiger charge is -2.27. The van der Waals surface area contributed by atoms with Gasteiger partial charge in [-0.15, -0.1) is 13.2 Å². The van der Waals surface area contributed by atoms with Gasteiger partial charge in [0.1, 0.15) is 17.9 Å². The van der Waals surface area contributed by atoms with Crippen LogP contribution < -0.4 is 15.4 Å². The topological polar surface area (TPSA) is 79.4 Å². The van der Waals surface area contributed by atoms with Crippen molar-refractivity contribution in [2.45, 2.75) is 6.36 Å². The van der Waals surface area contributed by atoms with Gasteiger partial charge < -0.3 is 20.3 Å². The van der Waals surface area contributed by atoms with Crippen molar-refractivity contribution < 1.29 is 22.7 Å². The molecule has 1 fully saturated rings. The number of rotatable bonds is 5. The third-order valence-electron chi connectivity index (χ3n) is 4.84. The van der Waals surface area contributed by atoms with Crippen molar-refractivity contribution in [2.24, 2.45) is 0 Å². The van der Waals surface area contributed by atoms with E-state index >= 15 is 0 Å². The fourth-order valence-corrected chi connectivity index (χ4v) is 3.33. The molecule has 0 unspecified atom stereocenters. The Morgan fingerprint density at radius 1 is 1.03 bits per heavy atom. The van der Waals surface area contributed by atoms with E-state index in [0.717, 1.165) is 18.7 Å². The van der Waals surface area contributed by atoms with Crippen molar-refractivity contribution in [2.75, 3.05) is 31.5 Å². The Labute approximate surface area is 182 Å². The first-order valence-corrected chi connectivity index (χ1v) is 9.93. The summed E-state index contributed by atoms with van der Waals surface area (Å²) in [4.78, 5) is 23.0. The molecular formula is C22H20F3N5O2. The first kappa shape index (κ1) is 21.6. The molecule has 10 heteroatoms. The molecule has 2 N–H and O–H groups in total. The lowest BCUT2D eigenvalue weighted by Crippen LogP contribution is -2.46. The second-order valence-electron chi connectivity index (χ2n) is 7.11. The van der Waals surface area contributed by atoms with E-state index in [1.807, 2.05) is 11.0 Å². The number of aromatic nitrogens is 2. The summed E-state index contributed by atoms with van der Waals surface area (Å²) in [6.07, 6.45) is -3.36. The quantitative estimate of drug-likeness (QED) is 0.624. The first-order valence-electron chi connectivity index (χ1n) is 9.93. The molecule has 166 valence electrons. The summed E-state index contributed by atoms with van der Waals surface area (Å²) >= 11 is 0. The van der Waals surface area contributed by atoms with Crippen LogP contribution in [-0.2, 0) is 0 Å². The molecule has 0 radical (unpaired) electrons. The van der Waals surface area contributed by atoms with Gasteiger partial charge in [-0.25, -0.2) is 9.97 Å². The van der Waals surface area contributed by atoms with Crippen molar-refractivity contribution in [3.8, 4) is 17.0 Å². The van der Waals surface area contributed by atoms with Crippen LogP contribution in [0.3, 0.4) is 0 Å².